The van der Waals surface area contributed by atoms with Gasteiger partial charge in [-0.15, -0.1) is 0 Å². The van der Waals surface area contributed by atoms with Crippen molar-refractivity contribution in [1.29, 1.82) is 0 Å². The summed E-state index contributed by atoms with van der Waals surface area (Å²) in [5, 5.41) is 2.35. The quantitative estimate of drug-likeness (QED) is 0.197. The van der Waals surface area contributed by atoms with E-state index in [-0.39, 0.29) is 0 Å². The van der Waals surface area contributed by atoms with Crippen LogP contribution in [0.5, 0.6) is 0 Å². The molecule has 0 spiro atoms. The molecule has 0 saturated heterocycles. The lowest BCUT2D eigenvalue weighted by molar-refractivity contribution is 0.252. The summed E-state index contributed by atoms with van der Waals surface area (Å²) in [4.78, 5) is 14.7. The van der Waals surface area contributed by atoms with E-state index in [0.29, 0.717) is 0 Å². The van der Waals surface area contributed by atoms with E-state index in [1.807, 2.05) is 12.3 Å². The molecule has 0 saturated carbocycles. The summed E-state index contributed by atoms with van der Waals surface area (Å²) in [7, 11) is 0. The topological polar surface area (TPSA) is 32.3 Å². The molecule has 0 N–H and O–H groups in total. The average Bonchev–Trinajstić information content (AvgIpc) is 3.18. The van der Waals surface area contributed by atoms with Gasteiger partial charge in [-0.25, -0.2) is 0 Å². The lowest BCUT2D eigenvalue weighted by Gasteiger charge is -2.29. The Morgan fingerprint density at radius 2 is 1.27 bits per heavy atom. The largest absolute Gasteiger partial charge is 0.340 e. The van der Waals surface area contributed by atoms with Gasteiger partial charge in [-0.2, -0.15) is 0 Å². The van der Waals surface area contributed by atoms with Crippen LogP contribution in [0.4, 0.5) is 11.4 Å². The number of pyridine rings is 2. The Bertz CT molecular complexity index is 1730. The number of anilines is 2. The molecule has 4 heteroatoms. The Morgan fingerprint density at radius 1 is 0.610 bits per heavy atom. The number of hydrogen-bond acceptors (Lipinski definition) is 4. The third-order valence-corrected chi connectivity index (χ3v) is 7.85. The van der Waals surface area contributed by atoms with Crippen LogP contribution in [0.15, 0.2) is 121 Å². The molecular weight excluding hydrogens is 500 g/mol. The molecular formula is C37H32N4. The van der Waals surface area contributed by atoms with Crippen molar-refractivity contribution in [2.75, 3.05) is 18.0 Å². The fourth-order valence-electron chi connectivity index (χ4n) is 5.85. The highest BCUT2D eigenvalue weighted by Gasteiger charge is 2.18. The number of fused-ring (bicyclic) bond motifs is 4. The number of benzene rings is 4. The Labute approximate surface area is 241 Å². The number of para-hydroxylation sites is 4. The van der Waals surface area contributed by atoms with E-state index in [9.17, 15) is 0 Å². The van der Waals surface area contributed by atoms with Crippen molar-refractivity contribution in [2.45, 2.75) is 19.5 Å². The van der Waals surface area contributed by atoms with Crippen LogP contribution in [0.1, 0.15) is 28.8 Å². The lowest BCUT2D eigenvalue weighted by atomic mass is 10.1. The molecule has 1 aliphatic rings. The molecule has 2 aromatic heterocycles. The molecule has 0 unspecified atom stereocenters. The smallest absolute Gasteiger partial charge is 0.0705 e. The number of aromatic nitrogens is 2. The van der Waals surface area contributed by atoms with E-state index >= 15 is 0 Å². The Kier molecular flexibility index (Phi) is 6.98. The van der Waals surface area contributed by atoms with Crippen LogP contribution in [0.25, 0.3) is 34.0 Å². The second-order valence-electron chi connectivity index (χ2n) is 10.7. The average molecular weight is 533 g/mol. The van der Waals surface area contributed by atoms with E-state index in [1.54, 1.807) is 0 Å². The van der Waals surface area contributed by atoms with Gasteiger partial charge in [0.2, 0.25) is 0 Å². The molecule has 4 nitrogen and oxygen atoms in total. The fourth-order valence-corrected chi connectivity index (χ4v) is 5.85. The maximum atomic E-state index is 5.00. The molecule has 6 aromatic rings. The molecule has 0 bridgehead atoms. The van der Waals surface area contributed by atoms with E-state index in [0.717, 1.165) is 49.3 Å². The molecule has 0 fully saturated rings. The Hall–Kier alpha value is -4.80. The highest BCUT2D eigenvalue weighted by molar-refractivity contribution is 5.88. The van der Waals surface area contributed by atoms with Gasteiger partial charge in [-0.3, -0.25) is 14.9 Å². The minimum Gasteiger partial charge on any atom is -0.340 e. The highest BCUT2D eigenvalue weighted by Crippen LogP contribution is 2.36. The minimum absolute atomic E-state index is 0.784. The molecule has 3 heterocycles. The maximum Gasteiger partial charge on any atom is 0.0705 e. The monoisotopic (exact) mass is 532 g/mol. The highest BCUT2D eigenvalue weighted by atomic mass is 15.2. The van der Waals surface area contributed by atoms with Gasteiger partial charge < -0.3 is 4.90 Å². The summed E-state index contributed by atoms with van der Waals surface area (Å²) >= 11 is 0. The van der Waals surface area contributed by atoms with Gasteiger partial charge in [0.05, 0.1) is 16.7 Å². The van der Waals surface area contributed by atoms with Crippen LogP contribution in [-0.4, -0.2) is 28.0 Å². The van der Waals surface area contributed by atoms with Crippen LogP contribution >= 0.6 is 0 Å². The van der Waals surface area contributed by atoms with Crippen molar-refractivity contribution in [1.82, 2.24) is 14.9 Å². The first-order valence-corrected chi connectivity index (χ1v) is 14.3. The molecule has 0 atom stereocenters. The Morgan fingerprint density at radius 3 is 2.05 bits per heavy atom. The molecule has 200 valence electrons. The van der Waals surface area contributed by atoms with Gasteiger partial charge in [0.1, 0.15) is 0 Å². The van der Waals surface area contributed by atoms with E-state index in [2.05, 4.69) is 131 Å². The second kappa shape index (κ2) is 11.4. The van der Waals surface area contributed by atoms with Crippen molar-refractivity contribution in [3.63, 3.8) is 0 Å². The van der Waals surface area contributed by atoms with Crippen LogP contribution < -0.4 is 4.90 Å². The van der Waals surface area contributed by atoms with Crippen molar-refractivity contribution >= 4 is 45.3 Å². The second-order valence-corrected chi connectivity index (χ2v) is 10.7. The standard InChI is InChI=1S/C37H32N4/c1-6-15-35-29(10-1)20-21-33(39-35)27-40(26-28-24-32-13-2-5-14-34(32)38-25-28)22-9-23-41-36-16-7-3-11-30(36)18-19-31-12-4-8-17-37(31)41/h1-8,10-21,24-25H,9,22-23,26-27H2. The fraction of sp³-hybridized carbons (Fsp3) is 0.135. The summed E-state index contributed by atoms with van der Waals surface area (Å²) in [6, 6.07) is 40.7. The normalized spacial score (nSPS) is 12.5. The van der Waals surface area contributed by atoms with Crippen molar-refractivity contribution in [3.05, 3.63) is 144 Å². The molecule has 4 aromatic carbocycles. The summed E-state index contributed by atoms with van der Waals surface area (Å²) in [6.07, 6.45) is 7.50. The van der Waals surface area contributed by atoms with Crippen LogP contribution in [0, 0.1) is 0 Å². The molecule has 41 heavy (non-hydrogen) atoms. The van der Waals surface area contributed by atoms with Crippen molar-refractivity contribution in [2.24, 2.45) is 0 Å². The first-order valence-electron chi connectivity index (χ1n) is 14.3. The zero-order valence-corrected chi connectivity index (χ0v) is 23.0. The van der Waals surface area contributed by atoms with E-state index in [4.69, 9.17) is 9.97 Å². The summed E-state index contributed by atoms with van der Waals surface area (Å²) in [6.45, 7) is 3.47. The van der Waals surface area contributed by atoms with E-state index < -0.39 is 0 Å². The van der Waals surface area contributed by atoms with Crippen LogP contribution in [-0.2, 0) is 13.1 Å². The number of nitrogens with zero attached hydrogens (tertiary/aromatic N) is 4. The van der Waals surface area contributed by atoms with Crippen molar-refractivity contribution in [3.8, 4) is 0 Å². The number of rotatable bonds is 8. The summed E-state index contributed by atoms with van der Waals surface area (Å²) < 4.78 is 0. The first-order chi connectivity index (χ1) is 20.3. The molecule has 1 aliphatic heterocycles. The van der Waals surface area contributed by atoms with E-state index in [1.165, 1.54) is 38.8 Å². The molecule has 0 aliphatic carbocycles. The summed E-state index contributed by atoms with van der Waals surface area (Å²) in [5.41, 5.74) is 9.41. The third-order valence-electron chi connectivity index (χ3n) is 7.85. The zero-order valence-electron chi connectivity index (χ0n) is 23.0. The van der Waals surface area contributed by atoms with Gasteiger partial charge >= 0.3 is 0 Å². The SMILES string of the molecule is C1=Cc2ccccc2N(CCCN(Cc2cnc3ccccc3c2)Cc2ccc3ccccc3n2)c2ccccc21. The third kappa shape index (κ3) is 5.47. The number of hydrogen-bond donors (Lipinski definition) is 0. The minimum atomic E-state index is 0.784. The lowest BCUT2D eigenvalue weighted by Crippen LogP contribution is -2.28. The van der Waals surface area contributed by atoms with Crippen molar-refractivity contribution < 1.29 is 0 Å². The van der Waals surface area contributed by atoms with Gasteiger partial charge in [-0.1, -0.05) is 91.0 Å². The van der Waals surface area contributed by atoms with Gasteiger partial charge in [0, 0.05) is 54.5 Å². The predicted octanol–water partition coefficient (Wildman–Crippen LogP) is 8.50. The molecule has 7 rings (SSSR count). The summed E-state index contributed by atoms with van der Waals surface area (Å²) in [5.74, 6) is 0. The Balaban J connectivity index is 1.15. The maximum absolute atomic E-state index is 5.00. The van der Waals surface area contributed by atoms with Gasteiger partial charge in [0.15, 0.2) is 0 Å². The van der Waals surface area contributed by atoms with Gasteiger partial charge in [0.25, 0.3) is 0 Å². The van der Waals surface area contributed by atoms with Gasteiger partial charge in [-0.05, 0) is 59.5 Å². The molecule has 0 amide bonds. The first kappa shape index (κ1) is 25.2. The predicted molar refractivity (Wildman–Crippen MR) is 171 cm³/mol. The zero-order chi connectivity index (χ0) is 27.4. The molecule has 0 radical (unpaired) electrons. The van der Waals surface area contributed by atoms with Crippen LogP contribution in [0.2, 0.25) is 0 Å². The van der Waals surface area contributed by atoms with Crippen LogP contribution in [0.3, 0.4) is 0 Å².